The van der Waals surface area contributed by atoms with Gasteiger partial charge in [-0.05, 0) is 12.8 Å². The van der Waals surface area contributed by atoms with Crippen molar-refractivity contribution in [1.82, 2.24) is 18.8 Å². The van der Waals surface area contributed by atoms with Crippen molar-refractivity contribution in [2.24, 2.45) is 0 Å². The van der Waals surface area contributed by atoms with Gasteiger partial charge in [-0.15, -0.1) is 0 Å². The van der Waals surface area contributed by atoms with Crippen molar-refractivity contribution in [2.75, 3.05) is 45.8 Å². The Hall–Kier alpha value is -0.700. The molecule has 140 valence electrons. The Morgan fingerprint density at radius 3 is 2.17 bits per heavy atom. The fourth-order valence-electron chi connectivity index (χ4n) is 3.55. The minimum absolute atomic E-state index is 0.0713. The number of nitrogens with one attached hydrogen (secondary N) is 1. The first-order valence-electron chi connectivity index (χ1n) is 9.24. The van der Waals surface area contributed by atoms with E-state index >= 15 is 0 Å². The van der Waals surface area contributed by atoms with Gasteiger partial charge in [0.25, 0.3) is 10.2 Å². The highest BCUT2D eigenvalue weighted by Gasteiger charge is 2.31. The second-order valence-corrected chi connectivity index (χ2v) is 8.60. The van der Waals surface area contributed by atoms with E-state index < -0.39 is 10.2 Å². The Bertz CT molecular complexity index is 493. The molecule has 1 amide bonds. The molecule has 0 bridgehead atoms. The third kappa shape index (κ3) is 5.15. The first kappa shape index (κ1) is 19.6. The molecule has 1 heterocycles. The van der Waals surface area contributed by atoms with Crippen molar-refractivity contribution >= 4 is 16.1 Å². The third-order valence-corrected chi connectivity index (χ3v) is 7.21. The molecule has 1 aliphatic heterocycles. The lowest BCUT2D eigenvalue weighted by molar-refractivity contribution is -0.123. The van der Waals surface area contributed by atoms with Crippen LogP contribution in [0.25, 0.3) is 0 Å². The normalized spacial score (nSPS) is 22.0. The fraction of sp³-hybridized carbons (Fsp3) is 0.938. The van der Waals surface area contributed by atoms with E-state index in [9.17, 15) is 13.2 Å². The summed E-state index contributed by atoms with van der Waals surface area (Å²) < 4.78 is 28.0. The van der Waals surface area contributed by atoms with Crippen LogP contribution in [0, 0.1) is 0 Å². The SMILES string of the molecule is CCN(CC)S(=O)(=O)N1CCN(CC(=O)NC2CCCCC2)CC1. The number of piperazine rings is 1. The molecule has 1 aliphatic carbocycles. The summed E-state index contributed by atoms with van der Waals surface area (Å²) in [5, 5.41) is 3.12. The van der Waals surface area contributed by atoms with Crippen molar-refractivity contribution in [3.05, 3.63) is 0 Å². The smallest absolute Gasteiger partial charge is 0.282 e. The first-order valence-corrected chi connectivity index (χ1v) is 10.6. The molecule has 1 saturated carbocycles. The molecular formula is C16H32N4O3S. The zero-order valence-electron chi connectivity index (χ0n) is 15.0. The molecule has 0 spiro atoms. The lowest BCUT2D eigenvalue weighted by Gasteiger charge is -2.36. The molecule has 8 heteroatoms. The van der Waals surface area contributed by atoms with Gasteiger partial charge in [0.05, 0.1) is 6.54 Å². The monoisotopic (exact) mass is 360 g/mol. The molecule has 2 aliphatic rings. The van der Waals surface area contributed by atoms with E-state index in [0.717, 1.165) is 12.8 Å². The van der Waals surface area contributed by atoms with E-state index in [0.29, 0.717) is 51.9 Å². The van der Waals surface area contributed by atoms with Crippen LogP contribution in [0.3, 0.4) is 0 Å². The number of nitrogens with zero attached hydrogens (tertiary/aromatic N) is 3. The minimum atomic E-state index is -3.36. The molecule has 2 rings (SSSR count). The van der Waals surface area contributed by atoms with Crippen molar-refractivity contribution in [3.8, 4) is 0 Å². The van der Waals surface area contributed by atoms with Crippen LogP contribution in [0.15, 0.2) is 0 Å². The summed E-state index contributed by atoms with van der Waals surface area (Å²) in [6.45, 7) is 7.18. The maximum absolute atomic E-state index is 12.5. The van der Waals surface area contributed by atoms with Gasteiger partial charge in [-0.1, -0.05) is 33.1 Å². The molecule has 0 radical (unpaired) electrons. The molecule has 1 saturated heterocycles. The predicted octanol–water partition coefficient (Wildman–Crippen LogP) is 0.640. The van der Waals surface area contributed by atoms with Crippen LogP contribution in [0.2, 0.25) is 0 Å². The second-order valence-electron chi connectivity index (χ2n) is 6.67. The second kappa shape index (κ2) is 9.12. The Morgan fingerprint density at radius 2 is 1.62 bits per heavy atom. The van der Waals surface area contributed by atoms with E-state index in [1.807, 2.05) is 18.7 Å². The van der Waals surface area contributed by atoms with Gasteiger partial charge in [0.1, 0.15) is 0 Å². The lowest BCUT2D eigenvalue weighted by atomic mass is 9.95. The number of amides is 1. The Kier molecular flexibility index (Phi) is 7.46. The van der Waals surface area contributed by atoms with E-state index in [1.54, 1.807) is 0 Å². The number of hydrogen-bond donors (Lipinski definition) is 1. The lowest BCUT2D eigenvalue weighted by Crippen LogP contribution is -2.54. The molecule has 0 unspecified atom stereocenters. The molecular weight excluding hydrogens is 328 g/mol. The molecule has 0 aromatic rings. The van der Waals surface area contributed by atoms with E-state index in [2.05, 4.69) is 5.32 Å². The third-order valence-electron chi connectivity index (χ3n) is 5.03. The first-order chi connectivity index (χ1) is 11.5. The van der Waals surface area contributed by atoms with Crippen LogP contribution < -0.4 is 5.32 Å². The topological polar surface area (TPSA) is 73.0 Å². The predicted molar refractivity (Wildman–Crippen MR) is 94.9 cm³/mol. The molecule has 0 atom stereocenters. The van der Waals surface area contributed by atoms with Crippen molar-refractivity contribution in [2.45, 2.75) is 52.0 Å². The molecule has 1 N–H and O–H groups in total. The Balaban J connectivity index is 1.77. The highest BCUT2D eigenvalue weighted by Crippen LogP contribution is 2.17. The average molecular weight is 361 g/mol. The van der Waals surface area contributed by atoms with Gasteiger partial charge in [-0.25, -0.2) is 0 Å². The minimum Gasteiger partial charge on any atom is -0.352 e. The van der Waals surface area contributed by atoms with Gasteiger partial charge in [-0.3, -0.25) is 9.69 Å². The van der Waals surface area contributed by atoms with Gasteiger partial charge < -0.3 is 5.32 Å². The van der Waals surface area contributed by atoms with Gasteiger partial charge >= 0.3 is 0 Å². The summed E-state index contributed by atoms with van der Waals surface area (Å²) in [5.41, 5.74) is 0. The van der Waals surface area contributed by atoms with Crippen molar-refractivity contribution in [3.63, 3.8) is 0 Å². The van der Waals surface area contributed by atoms with Crippen molar-refractivity contribution in [1.29, 1.82) is 0 Å². The van der Waals surface area contributed by atoms with E-state index in [4.69, 9.17) is 0 Å². The van der Waals surface area contributed by atoms with Crippen LogP contribution in [-0.2, 0) is 15.0 Å². The standard InChI is InChI=1S/C16H32N4O3S/c1-3-19(4-2)24(22,23)20-12-10-18(11-13-20)14-16(21)17-15-8-6-5-7-9-15/h15H,3-14H2,1-2H3,(H,17,21). The van der Waals surface area contributed by atoms with Crippen LogP contribution in [0.4, 0.5) is 0 Å². The summed E-state index contributed by atoms with van der Waals surface area (Å²) in [7, 11) is -3.36. The highest BCUT2D eigenvalue weighted by atomic mass is 32.2. The van der Waals surface area contributed by atoms with Gasteiger partial charge in [-0.2, -0.15) is 17.0 Å². The number of carbonyl (C=O) groups excluding carboxylic acids is 1. The zero-order chi connectivity index (χ0) is 17.6. The molecule has 0 aromatic heterocycles. The van der Waals surface area contributed by atoms with Crippen molar-refractivity contribution < 1.29 is 13.2 Å². The van der Waals surface area contributed by atoms with Crippen LogP contribution >= 0.6 is 0 Å². The van der Waals surface area contributed by atoms with Crippen LogP contribution in [0.5, 0.6) is 0 Å². The maximum Gasteiger partial charge on any atom is 0.282 e. The zero-order valence-corrected chi connectivity index (χ0v) is 15.9. The summed E-state index contributed by atoms with van der Waals surface area (Å²) in [4.78, 5) is 14.2. The summed E-state index contributed by atoms with van der Waals surface area (Å²) in [5.74, 6) is 0.0713. The molecule has 2 fully saturated rings. The van der Waals surface area contributed by atoms with Crippen LogP contribution in [0.1, 0.15) is 46.0 Å². The number of hydrogen-bond acceptors (Lipinski definition) is 4. The number of rotatable bonds is 7. The van der Waals surface area contributed by atoms with Gasteiger partial charge in [0, 0.05) is 45.3 Å². The van der Waals surface area contributed by atoms with Crippen LogP contribution in [-0.4, -0.2) is 79.7 Å². The Morgan fingerprint density at radius 1 is 1.04 bits per heavy atom. The fourth-order valence-corrected chi connectivity index (χ4v) is 5.16. The summed E-state index contributed by atoms with van der Waals surface area (Å²) in [6.07, 6.45) is 5.85. The van der Waals surface area contributed by atoms with E-state index in [-0.39, 0.29) is 5.91 Å². The summed E-state index contributed by atoms with van der Waals surface area (Å²) >= 11 is 0. The maximum atomic E-state index is 12.5. The number of carbonyl (C=O) groups is 1. The van der Waals surface area contributed by atoms with E-state index in [1.165, 1.54) is 27.9 Å². The summed E-state index contributed by atoms with van der Waals surface area (Å²) in [6, 6.07) is 0.329. The largest absolute Gasteiger partial charge is 0.352 e. The quantitative estimate of drug-likeness (QED) is 0.723. The molecule has 0 aromatic carbocycles. The Labute approximate surface area is 146 Å². The molecule has 24 heavy (non-hydrogen) atoms. The average Bonchev–Trinajstić information content (AvgIpc) is 2.57. The highest BCUT2D eigenvalue weighted by molar-refractivity contribution is 7.86. The van der Waals surface area contributed by atoms with Gasteiger partial charge in [0.2, 0.25) is 5.91 Å². The molecule has 7 nitrogen and oxygen atoms in total. The van der Waals surface area contributed by atoms with Gasteiger partial charge in [0.15, 0.2) is 0 Å².